The van der Waals surface area contributed by atoms with Crippen LogP contribution in [0, 0.1) is 0 Å². The standard InChI is InChI=1S/C18H18N.HI/c1-19-13-11-15(12-14-19)9-10-17-7-4-6-16-5-2-3-8-18(16)17;/h2-8,11-14H,9-10H2,1H3;1H/q+1;/p-1. The molecule has 102 valence electrons. The van der Waals surface area contributed by atoms with Gasteiger partial charge in [0.2, 0.25) is 0 Å². The van der Waals surface area contributed by atoms with Crippen LogP contribution in [0.2, 0.25) is 0 Å². The lowest BCUT2D eigenvalue weighted by Crippen LogP contribution is -3.00. The maximum Gasteiger partial charge on any atom is 0.168 e. The summed E-state index contributed by atoms with van der Waals surface area (Å²) < 4.78 is 2.07. The predicted octanol–water partition coefficient (Wildman–Crippen LogP) is 0.453. The Morgan fingerprint density at radius 3 is 2.30 bits per heavy atom. The second kappa shape index (κ2) is 6.84. The van der Waals surface area contributed by atoms with E-state index in [0.29, 0.717) is 0 Å². The van der Waals surface area contributed by atoms with Crippen LogP contribution in [-0.4, -0.2) is 0 Å². The van der Waals surface area contributed by atoms with Crippen LogP contribution >= 0.6 is 0 Å². The minimum atomic E-state index is 0. The summed E-state index contributed by atoms with van der Waals surface area (Å²) >= 11 is 0. The Morgan fingerprint density at radius 1 is 0.800 bits per heavy atom. The van der Waals surface area contributed by atoms with E-state index in [0.717, 1.165) is 12.8 Å². The lowest BCUT2D eigenvalue weighted by Gasteiger charge is -2.06. The number of halogens is 1. The average Bonchev–Trinajstić information content (AvgIpc) is 2.47. The van der Waals surface area contributed by atoms with Crippen molar-refractivity contribution >= 4 is 10.8 Å². The maximum absolute atomic E-state index is 2.24. The van der Waals surface area contributed by atoms with Gasteiger partial charge in [-0.25, -0.2) is 4.57 Å². The van der Waals surface area contributed by atoms with Crippen molar-refractivity contribution in [2.24, 2.45) is 7.05 Å². The van der Waals surface area contributed by atoms with Gasteiger partial charge in [-0.15, -0.1) is 0 Å². The first kappa shape index (κ1) is 15.0. The SMILES string of the molecule is C[n+]1ccc(CCc2cccc3ccccc23)cc1.[I-]. The number of pyridine rings is 1. The van der Waals surface area contributed by atoms with E-state index in [2.05, 4.69) is 78.6 Å². The Morgan fingerprint density at radius 2 is 1.50 bits per heavy atom. The van der Waals surface area contributed by atoms with Crippen LogP contribution in [0.15, 0.2) is 67.0 Å². The fraction of sp³-hybridized carbons (Fsp3) is 0.167. The fourth-order valence-corrected chi connectivity index (χ4v) is 2.49. The summed E-state index contributed by atoms with van der Waals surface area (Å²) in [7, 11) is 2.05. The Bertz CT molecular complexity index is 684. The molecular formula is C18H18IN. The number of benzene rings is 2. The highest BCUT2D eigenvalue weighted by atomic mass is 127. The summed E-state index contributed by atoms with van der Waals surface area (Å²) in [5.41, 5.74) is 2.83. The van der Waals surface area contributed by atoms with Gasteiger partial charge in [-0.1, -0.05) is 42.5 Å². The van der Waals surface area contributed by atoms with Gasteiger partial charge in [0.25, 0.3) is 0 Å². The Kier molecular flexibility index (Phi) is 5.12. The average molecular weight is 375 g/mol. The smallest absolute Gasteiger partial charge is 0.168 e. The predicted molar refractivity (Wildman–Crippen MR) is 79.0 cm³/mol. The third-order valence-electron chi connectivity index (χ3n) is 3.61. The number of aromatic nitrogens is 1. The molecule has 0 spiro atoms. The van der Waals surface area contributed by atoms with Crippen molar-refractivity contribution in [3.05, 3.63) is 78.1 Å². The van der Waals surface area contributed by atoms with Crippen molar-refractivity contribution in [1.82, 2.24) is 0 Å². The molecule has 0 fully saturated rings. The second-order valence-corrected chi connectivity index (χ2v) is 5.01. The molecule has 20 heavy (non-hydrogen) atoms. The Balaban J connectivity index is 0.00000147. The molecule has 0 atom stereocenters. The van der Waals surface area contributed by atoms with Crippen LogP contribution in [-0.2, 0) is 19.9 Å². The van der Waals surface area contributed by atoms with Crippen molar-refractivity contribution in [2.45, 2.75) is 12.8 Å². The highest BCUT2D eigenvalue weighted by Crippen LogP contribution is 2.19. The summed E-state index contributed by atoms with van der Waals surface area (Å²) in [6.07, 6.45) is 6.40. The summed E-state index contributed by atoms with van der Waals surface area (Å²) in [5, 5.41) is 2.71. The maximum atomic E-state index is 2.24. The molecule has 3 aromatic rings. The molecular weight excluding hydrogens is 357 g/mol. The molecule has 1 aromatic heterocycles. The third-order valence-corrected chi connectivity index (χ3v) is 3.61. The molecule has 0 aliphatic heterocycles. The monoisotopic (exact) mass is 375 g/mol. The quantitative estimate of drug-likeness (QED) is 0.463. The largest absolute Gasteiger partial charge is 1.00 e. The molecule has 0 saturated heterocycles. The van der Waals surface area contributed by atoms with Crippen LogP contribution in [0.3, 0.4) is 0 Å². The van der Waals surface area contributed by atoms with Crippen LogP contribution in [0.25, 0.3) is 10.8 Å². The minimum Gasteiger partial charge on any atom is -1.00 e. The third kappa shape index (κ3) is 3.37. The minimum absolute atomic E-state index is 0. The fourth-order valence-electron chi connectivity index (χ4n) is 2.49. The van der Waals surface area contributed by atoms with Crippen molar-refractivity contribution in [3.8, 4) is 0 Å². The lowest BCUT2D eigenvalue weighted by atomic mass is 9.99. The van der Waals surface area contributed by atoms with Gasteiger partial charge in [-0.2, -0.15) is 0 Å². The van der Waals surface area contributed by atoms with Crippen LogP contribution in [0.5, 0.6) is 0 Å². The van der Waals surface area contributed by atoms with Gasteiger partial charge in [0, 0.05) is 12.1 Å². The topological polar surface area (TPSA) is 3.88 Å². The van der Waals surface area contributed by atoms with E-state index < -0.39 is 0 Å². The first-order valence-electron chi connectivity index (χ1n) is 6.74. The first-order valence-corrected chi connectivity index (χ1v) is 6.74. The van der Waals surface area contributed by atoms with Gasteiger partial charge in [-0.05, 0) is 34.7 Å². The van der Waals surface area contributed by atoms with Gasteiger partial charge >= 0.3 is 0 Å². The normalized spacial score (nSPS) is 10.2. The molecule has 1 nitrogen and oxygen atoms in total. The van der Waals surface area contributed by atoms with Gasteiger partial charge in [0.1, 0.15) is 7.05 Å². The zero-order valence-corrected chi connectivity index (χ0v) is 13.7. The molecule has 0 aliphatic carbocycles. The van der Waals surface area contributed by atoms with Crippen molar-refractivity contribution in [3.63, 3.8) is 0 Å². The molecule has 2 heteroatoms. The highest BCUT2D eigenvalue weighted by molar-refractivity contribution is 5.85. The zero-order valence-electron chi connectivity index (χ0n) is 11.6. The van der Waals surface area contributed by atoms with E-state index in [-0.39, 0.29) is 24.0 Å². The number of hydrogen-bond donors (Lipinski definition) is 0. The van der Waals surface area contributed by atoms with E-state index in [9.17, 15) is 0 Å². The molecule has 0 radical (unpaired) electrons. The number of rotatable bonds is 3. The Hall–Kier alpha value is -1.42. The van der Waals surface area contributed by atoms with E-state index in [1.54, 1.807) is 0 Å². The molecule has 0 bridgehead atoms. The molecule has 2 aromatic carbocycles. The second-order valence-electron chi connectivity index (χ2n) is 5.01. The van der Waals surface area contributed by atoms with E-state index >= 15 is 0 Å². The van der Waals surface area contributed by atoms with Crippen LogP contribution < -0.4 is 28.5 Å². The molecule has 3 rings (SSSR count). The van der Waals surface area contributed by atoms with Gasteiger partial charge in [0.15, 0.2) is 12.4 Å². The van der Waals surface area contributed by atoms with Gasteiger partial charge in [-0.3, -0.25) is 0 Å². The van der Waals surface area contributed by atoms with Crippen LogP contribution in [0.1, 0.15) is 11.1 Å². The molecule has 0 amide bonds. The summed E-state index contributed by atoms with van der Waals surface area (Å²) in [5.74, 6) is 0. The van der Waals surface area contributed by atoms with Crippen LogP contribution in [0.4, 0.5) is 0 Å². The zero-order chi connectivity index (χ0) is 13.1. The molecule has 0 aliphatic rings. The summed E-state index contributed by atoms with van der Waals surface area (Å²) in [6.45, 7) is 0. The van der Waals surface area contributed by atoms with E-state index in [1.807, 2.05) is 0 Å². The van der Waals surface area contributed by atoms with E-state index in [4.69, 9.17) is 0 Å². The number of fused-ring (bicyclic) bond motifs is 1. The first-order chi connectivity index (χ1) is 9.33. The van der Waals surface area contributed by atoms with Crippen molar-refractivity contribution < 1.29 is 28.5 Å². The number of hydrogen-bond acceptors (Lipinski definition) is 0. The van der Waals surface area contributed by atoms with Gasteiger partial charge < -0.3 is 24.0 Å². The summed E-state index contributed by atoms with van der Waals surface area (Å²) in [4.78, 5) is 0. The van der Waals surface area contributed by atoms with Crippen molar-refractivity contribution in [2.75, 3.05) is 0 Å². The number of aryl methyl sites for hydroxylation is 3. The summed E-state index contributed by atoms with van der Waals surface area (Å²) in [6, 6.07) is 19.6. The molecule has 0 saturated carbocycles. The highest BCUT2D eigenvalue weighted by Gasteiger charge is 2.02. The molecule has 1 heterocycles. The number of nitrogens with zero attached hydrogens (tertiary/aromatic N) is 1. The Labute approximate surface area is 137 Å². The molecule has 0 unspecified atom stereocenters. The molecule has 0 N–H and O–H groups in total. The van der Waals surface area contributed by atoms with E-state index in [1.165, 1.54) is 21.9 Å². The lowest BCUT2D eigenvalue weighted by molar-refractivity contribution is -0.671. The van der Waals surface area contributed by atoms with Crippen molar-refractivity contribution in [1.29, 1.82) is 0 Å². The van der Waals surface area contributed by atoms with Gasteiger partial charge in [0.05, 0.1) is 0 Å².